The van der Waals surface area contributed by atoms with Gasteiger partial charge in [0.15, 0.2) is 11.5 Å². The van der Waals surface area contributed by atoms with Crippen LogP contribution in [0.25, 0.3) is 5.57 Å². The van der Waals surface area contributed by atoms with E-state index in [1.807, 2.05) is 18.2 Å². The quantitative estimate of drug-likeness (QED) is 0.818. The van der Waals surface area contributed by atoms with E-state index in [0.29, 0.717) is 17.7 Å². The number of ether oxygens (including phenoxy) is 2. The van der Waals surface area contributed by atoms with Gasteiger partial charge in [-0.15, -0.1) is 0 Å². The number of aliphatic hydroxyl groups excluding tert-OH is 1. The molecule has 0 amide bonds. The first-order valence-electron chi connectivity index (χ1n) is 7.98. The van der Waals surface area contributed by atoms with Crippen molar-refractivity contribution in [2.45, 2.75) is 6.42 Å². The molecule has 1 unspecified atom stereocenters. The maximum atomic E-state index is 11.8. The molecule has 2 N–H and O–H groups in total. The molecule has 5 heteroatoms. The number of aromatic hydroxyl groups is 1. The third kappa shape index (κ3) is 2.87. The van der Waals surface area contributed by atoms with Crippen LogP contribution in [0.4, 0.5) is 0 Å². The van der Waals surface area contributed by atoms with Gasteiger partial charge < -0.3 is 19.7 Å². The van der Waals surface area contributed by atoms with Crippen LogP contribution in [0.2, 0.25) is 0 Å². The zero-order valence-electron chi connectivity index (χ0n) is 14.2. The van der Waals surface area contributed by atoms with E-state index in [1.165, 1.54) is 13.2 Å². The number of carbonyl (C=O) groups is 1. The molecule has 0 aliphatic heterocycles. The molecule has 1 aliphatic rings. The zero-order chi connectivity index (χ0) is 18.0. The molecule has 2 aromatic rings. The van der Waals surface area contributed by atoms with Crippen molar-refractivity contribution in [3.8, 4) is 17.2 Å². The maximum absolute atomic E-state index is 11.8. The lowest BCUT2D eigenvalue weighted by atomic mass is 9.76. The Hall–Kier alpha value is -2.79. The van der Waals surface area contributed by atoms with Crippen LogP contribution in [-0.4, -0.2) is 37.3 Å². The molecule has 0 radical (unpaired) electrons. The molecule has 130 valence electrons. The van der Waals surface area contributed by atoms with E-state index in [1.54, 1.807) is 19.2 Å². The highest BCUT2D eigenvalue weighted by Crippen LogP contribution is 2.43. The maximum Gasteiger partial charge on any atom is 0.161 e. The molecule has 3 rings (SSSR count). The van der Waals surface area contributed by atoms with E-state index in [0.717, 1.165) is 34.3 Å². The van der Waals surface area contributed by atoms with Gasteiger partial charge in [0.1, 0.15) is 12.0 Å². The minimum Gasteiger partial charge on any atom is -0.504 e. The number of aliphatic hydroxyl groups is 1. The van der Waals surface area contributed by atoms with Gasteiger partial charge in [-0.25, -0.2) is 0 Å². The largest absolute Gasteiger partial charge is 0.504 e. The van der Waals surface area contributed by atoms with Crippen LogP contribution < -0.4 is 9.47 Å². The van der Waals surface area contributed by atoms with E-state index in [2.05, 4.69) is 0 Å². The highest BCUT2D eigenvalue weighted by atomic mass is 16.5. The van der Waals surface area contributed by atoms with Crippen molar-refractivity contribution in [2.75, 3.05) is 20.8 Å². The van der Waals surface area contributed by atoms with Gasteiger partial charge in [0.05, 0.1) is 20.8 Å². The number of rotatable bonds is 5. The second-order valence-electron chi connectivity index (χ2n) is 5.90. The fourth-order valence-corrected chi connectivity index (χ4v) is 3.39. The number of hydrogen-bond acceptors (Lipinski definition) is 5. The first-order chi connectivity index (χ1) is 12.1. The van der Waals surface area contributed by atoms with Crippen molar-refractivity contribution >= 4 is 11.9 Å². The van der Waals surface area contributed by atoms with Crippen LogP contribution in [0, 0.1) is 5.92 Å². The second-order valence-corrected chi connectivity index (χ2v) is 5.90. The molecular weight excluding hydrogens is 320 g/mol. The van der Waals surface area contributed by atoms with E-state index < -0.39 is 0 Å². The summed E-state index contributed by atoms with van der Waals surface area (Å²) in [5.74, 6) is 0.769. The van der Waals surface area contributed by atoms with Crippen molar-refractivity contribution in [1.29, 1.82) is 0 Å². The van der Waals surface area contributed by atoms with Crippen molar-refractivity contribution in [1.82, 2.24) is 0 Å². The molecule has 1 aliphatic carbocycles. The van der Waals surface area contributed by atoms with Gasteiger partial charge in [-0.1, -0.05) is 18.2 Å². The van der Waals surface area contributed by atoms with E-state index >= 15 is 0 Å². The minimum absolute atomic E-state index is 0.0277. The lowest BCUT2D eigenvalue weighted by molar-refractivity contribution is -0.105. The Bertz CT molecular complexity index is 838. The number of carbonyl (C=O) groups excluding carboxylic acids is 1. The minimum atomic E-state index is -0.309. The first kappa shape index (κ1) is 17.0. The van der Waals surface area contributed by atoms with Crippen molar-refractivity contribution in [3.05, 3.63) is 58.7 Å². The van der Waals surface area contributed by atoms with E-state index in [4.69, 9.17) is 9.47 Å². The van der Waals surface area contributed by atoms with Crippen LogP contribution in [-0.2, 0) is 11.2 Å². The molecule has 0 saturated carbocycles. The number of phenolic OH excluding ortho intramolecular Hbond substituents is 1. The molecule has 5 nitrogen and oxygen atoms in total. The molecular formula is C20H20O5. The molecule has 0 spiro atoms. The molecule has 1 atom stereocenters. The Morgan fingerprint density at radius 1 is 1.16 bits per heavy atom. The van der Waals surface area contributed by atoms with Crippen LogP contribution in [0.15, 0.2) is 42.0 Å². The number of phenols is 1. The summed E-state index contributed by atoms with van der Waals surface area (Å²) in [6.45, 7) is -0.135. The van der Waals surface area contributed by atoms with Gasteiger partial charge in [0.25, 0.3) is 0 Å². The molecule has 0 saturated heterocycles. The Balaban J connectivity index is 2.30. The molecule has 2 aromatic carbocycles. The average molecular weight is 340 g/mol. The van der Waals surface area contributed by atoms with Gasteiger partial charge >= 0.3 is 0 Å². The number of fused-ring (bicyclic) bond motifs is 1. The van der Waals surface area contributed by atoms with Crippen LogP contribution in [0.3, 0.4) is 0 Å². The van der Waals surface area contributed by atoms with Gasteiger partial charge in [-0.05, 0) is 41.3 Å². The molecule has 0 bridgehead atoms. The normalized spacial score (nSPS) is 16.4. The summed E-state index contributed by atoms with van der Waals surface area (Å²) in [5, 5.41) is 19.7. The molecule has 0 heterocycles. The lowest BCUT2D eigenvalue weighted by Gasteiger charge is -2.28. The summed E-state index contributed by atoms with van der Waals surface area (Å²) < 4.78 is 10.7. The monoisotopic (exact) mass is 340 g/mol. The summed E-state index contributed by atoms with van der Waals surface area (Å²) >= 11 is 0. The number of hydrogen-bond donors (Lipinski definition) is 2. The van der Waals surface area contributed by atoms with Crippen molar-refractivity contribution in [2.24, 2.45) is 5.92 Å². The van der Waals surface area contributed by atoms with Gasteiger partial charge in [-0.3, -0.25) is 4.79 Å². The average Bonchev–Trinajstić information content (AvgIpc) is 2.66. The third-order valence-corrected chi connectivity index (χ3v) is 4.62. The smallest absolute Gasteiger partial charge is 0.161 e. The summed E-state index contributed by atoms with van der Waals surface area (Å²) in [6.07, 6.45) is 1.33. The Labute approximate surface area is 146 Å². The summed E-state index contributed by atoms with van der Waals surface area (Å²) in [5.41, 5.74) is 3.85. The fraction of sp³-hybridized carbons (Fsp3) is 0.250. The molecule has 25 heavy (non-hydrogen) atoms. The first-order valence-corrected chi connectivity index (χ1v) is 7.98. The predicted molar refractivity (Wildman–Crippen MR) is 94.0 cm³/mol. The van der Waals surface area contributed by atoms with E-state index in [-0.39, 0.29) is 18.3 Å². The topological polar surface area (TPSA) is 76.0 Å². The van der Waals surface area contributed by atoms with Crippen molar-refractivity contribution < 1.29 is 24.5 Å². The fourth-order valence-electron chi connectivity index (χ4n) is 3.39. The van der Waals surface area contributed by atoms with Crippen molar-refractivity contribution in [3.63, 3.8) is 0 Å². The number of benzene rings is 2. The Morgan fingerprint density at radius 2 is 1.92 bits per heavy atom. The summed E-state index contributed by atoms with van der Waals surface area (Å²) in [7, 11) is 3.08. The highest BCUT2D eigenvalue weighted by Gasteiger charge is 2.29. The predicted octanol–water partition coefficient (Wildman–Crippen LogP) is 2.57. The van der Waals surface area contributed by atoms with E-state index in [9.17, 15) is 15.0 Å². The molecule has 0 aromatic heterocycles. The lowest BCUT2D eigenvalue weighted by Crippen LogP contribution is -2.21. The van der Waals surface area contributed by atoms with Crippen LogP contribution >= 0.6 is 0 Å². The van der Waals surface area contributed by atoms with Gasteiger partial charge in [-0.2, -0.15) is 0 Å². The van der Waals surface area contributed by atoms with Crippen LogP contribution in [0.1, 0.15) is 16.7 Å². The SMILES string of the molecule is COc1cc(C2=C(C=O)C(CO)Cc3c(OC)cccc32)ccc1O. The number of methoxy groups -OCH3 is 2. The summed E-state index contributed by atoms with van der Waals surface area (Å²) in [6, 6.07) is 10.6. The third-order valence-electron chi connectivity index (χ3n) is 4.62. The van der Waals surface area contributed by atoms with Gasteiger partial charge in [0.2, 0.25) is 0 Å². The second kappa shape index (κ2) is 6.99. The Kier molecular flexibility index (Phi) is 4.76. The highest BCUT2D eigenvalue weighted by molar-refractivity contribution is 5.98. The van der Waals surface area contributed by atoms with Crippen LogP contribution in [0.5, 0.6) is 17.2 Å². The Morgan fingerprint density at radius 3 is 2.56 bits per heavy atom. The summed E-state index contributed by atoms with van der Waals surface area (Å²) in [4.78, 5) is 11.8. The van der Waals surface area contributed by atoms with Gasteiger partial charge in [0, 0.05) is 17.1 Å². The standard InChI is InChI=1S/C20H20O5/c1-24-18-5-3-4-14-15(18)8-13(10-21)16(11-22)20(14)12-6-7-17(23)19(9-12)25-2/h3-7,9,11,13,21,23H,8,10H2,1-2H3. The number of aldehydes is 1. The molecule has 0 fully saturated rings. The zero-order valence-corrected chi connectivity index (χ0v) is 14.2.